The van der Waals surface area contributed by atoms with Gasteiger partial charge in [-0.25, -0.2) is 13.2 Å². The Morgan fingerprint density at radius 2 is 1.24 bits per heavy atom. The molecule has 0 bridgehead atoms. The quantitative estimate of drug-likeness (QED) is 0.837. The highest BCUT2D eigenvalue weighted by Gasteiger charge is 2.26. The van der Waals surface area contributed by atoms with Crippen LogP contribution < -0.4 is 0 Å². The molecule has 7 heteroatoms. The fourth-order valence-electron chi connectivity index (χ4n) is 2.72. The van der Waals surface area contributed by atoms with Gasteiger partial charge in [0.25, 0.3) is 11.8 Å². The zero-order chi connectivity index (χ0) is 18.0. The van der Waals surface area contributed by atoms with Gasteiger partial charge in [0.15, 0.2) is 0 Å². The summed E-state index contributed by atoms with van der Waals surface area (Å²) >= 11 is 0. The van der Waals surface area contributed by atoms with E-state index < -0.39 is 23.4 Å². The summed E-state index contributed by atoms with van der Waals surface area (Å²) in [5.74, 6) is -2.86. The number of hydrogen-bond acceptors (Lipinski definition) is 2. The van der Waals surface area contributed by atoms with Gasteiger partial charge in [-0.1, -0.05) is 0 Å². The van der Waals surface area contributed by atoms with Crippen molar-refractivity contribution in [2.45, 2.75) is 0 Å². The summed E-state index contributed by atoms with van der Waals surface area (Å²) in [6.07, 6.45) is 0. The fourth-order valence-corrected chi connectivity index (χ4v) is 2.72. The fraction of sp³-hybridized carbons (Fsp3) is 0.222. The first-order chi connectivity index (χ1) is 12.0. The van der Waals surface area contributed by atoms with Crippen molar-refractivity contribution in [2.24, 2.45) is 0 Å². The normalized spacial score (nSPS) is 14.5. The Hall–Kier alpha value is -2.83. The van der Waals surface area contributed by atoms with E-state index in [0.29, 0.717) is 11.6 Å². The first kappa shape index (κ1) is 17.0. The van der Waals surface area contributed by atoms with Gasteiger partial charge < -0.3 is 9.80 Å². The lowest BCUT2D eigenvalue weighted by atomic mass is 10.1. The molecule has 1 aliphatic heterocycles. The van der Waals surface area contributed by atoms with E-state index in [2.05, 4.69) is 0 Å². The van der Waals surface area contributed by atoms with E-state index in [4.69, 9.17) is 0 Å². The van der Waals surface area contributed by atoms with Crippen LogP contribution >= 0.6 is 0 Å². The lowest BCUT2D eigenvalue weighted by Gasteiger charge is -2.35. The molecule has 2 amide bonds. The van der Waals surface area contributed by atoms with Crippen LogP contribution in [0, 0.1) is 17.5 Å². The lowest BCUT2D eigenvalue weighted by molar-refractivity contribution is 0.0532. The molecule has 1 fully saturated rings. The number of carbonyl (C=O) groups excluding carboxylic acids is 2. The van der Waals surface area contributed by atoms with E-state index in [0.717, 1.165) is 12.1 Å². The minimum Gasteiger partial charge on any atom is -0.335 e. The average Bonchev–Trinajstić information content (AvgIpc) is 2.61. The van der Waals surface area contributed by atoms with Crippen molar-refractivity contribution in [3.8, 4) is 0 Å². The third-order valence-electron chi connectivity index (χ3n) is 4.11. The minimum absolute atomic E-state index is 0.195. The van der Waals surface area contributed by atoms with Crippen LogP contribution in [0.2, 0.25) is 0 Å². The molecule has 0 saturated carbocycles. The van der Waals surface area contributed by atoms with E-state index >= 15 is 0 Å². The van der Waals surface area contributed by atoms with Gasteiger partial charge in [-0.05, 0) is 36.4 Å². The molecule has 0 unspecified atom stereocenters. The number of hydrogen-bond donors (Lipinski definition) is 0. The number of carbonyl (C=O) groups is 2. The summed E-state index contributed by atoms with van der Waals surface area (Å²) in [4.78, 5) is 27.7. The molecule has 0 aromatic heterocycles. The second-order valence-electron chi connectivity index (χ2n) is 5.72. The SMILES string of the molecule is O=C(c1ccc(F)cc1)N1CCN(C(=O)c2ccc(F)cc2F)CC1. The highest BCUT2D eigenvalue weighted by molar-refractivity contribution is 5.96. The first-order valence-electron chi connectivity index (χ1n) is 7.75. The van der Waals surface area contributed by atoms with Gasteiger partial charge in [-0.2, -0.15) is 0 Å². The van der Waals surface area contributed by atoms with Crippen molar-refractivity contribution in [2.75, 3.05) is 26.2 Å². The summed E-state index contributed by atoms with van der Waals surface area (Å²) in [5, 5.41) is 0. The monoisotopic (exact) mass is 348 g/mol. The number of benzene rings is 2. The maximum absolute atomic E-state index is 13.7. The number of amides is 2. The predicted molar refractivity (Wildman–Crippen MR) is 84.6 cm³/mol. The van der Waals surface area contributed by atoms with Gasteiger partial charge in [0.1, 0.15) is 17.5 Å². The summed E-state index contributed by atoms with van der Waals surface area (Å²) < 4.78 is 39.6. The highest BCUT2D eigenvalue weighted by atomic mass is 19.1. The molecule has 0 radical (unpaired) electrons. The van der Waals surface area contributed by atoms with Crippen molar-refractivity contribution < 1.29 is 22.8 Å². The molecule has 1 heterocycles. The van der Waals surface area contributed by atoms with E-state index in [1.165, 1.54) is 29.2 Å². The third kappa shape index (κ3) is 3.65. The predicted octanol–water partition coefficient (Wildman–Crippen LogP) is 2.70. The molecule has 130 valence electrons. The topological polar surface area (TPSA) is 40.6 Å². The van der Waals surface area contributed by atoms with Crippen LogP contribution in [-0.2, 0) is 0 Å². The largest absolute Gasteiger partial charge is 0.335 e. The Morgan fingerprint density at radius 1 is 0.720 bits per heavy atom. The molecule has 2 aromatic rings. The van der Waals surface area contributed by atoms with Gasteiger partial charge in [-0.3, -0.25) is 9.59 Å². The summed E-state index contributed by atoms with van der Waals surface area (Å²) in [7, 11) is 0. The molecular weight excluding hydrogens is 333 g/mol. The summed E-state index contributed by atoms with van der Waals surface area (Å²) in [5.41, 5.74) is 0.172. The number of nitrogens with zero attached hydrogens (tertiary/aromatic N) is 2. The second-order valence-corrected chi connectivity index (χ2v) is 5.72. The summed E-state index contributed by atoms with van der Waals surface area (Å²) in [6.45, 7) is 1.04. The third-order valence-corrected chi connectivity index (χ3v) is 4.11. The molecule has 1 aliphatic rings. The van der Waals surface area contributed by atoms with Crippen molar-refractivity contribution in [3.63, 3.8) is 0 Å². The lowest BCUT2D eigenvalue weighted by Crippen LogP contribution is -2.50. The van der Waals surface area contributed by atoms with E-state index in [1.807, 2.05) is 0 Å². The molecule has 4 nitrogen and oxygen atoms in total. The van der Waals surface area contributed by atoms with Crippen LogP contribution in [0.4, 0.5) is 13.2 Å². The Kier molecular flexibility index (Phi) is 4.74. The van der Waals surface area contributed by atoms with Crippen molar-refractivity contribution in [1.29, 1.82) is 0 Å². The van der Waals surface area contributed by atoms with E-state index in [9.17, 15) is 22.8 Å². The van der Waals surface area contributed by atoms with Gasteiger partial charge >= 0.3 is 0 Å². The van der Waals surface area contributed by atoms with Crippen LogP contribution in [0.25, 0.3) is 0 Å². The van der Waals surface area contributed by atoms with Gasteiger partial charge in [0.2, 0.25) is 0 Å². The first-order valence-corrected chi connectivity index (χ1v) is 7.75. The molecule has 0 spiro atoms. The molecule has 3 rings (SSSR count). The molecule has 0 atom stereocenters. The van der Waals surface area contributed by atoms with Crippen LogP contribution in [0.1, 0.15) is 20.7 Å². The Balaban J connectivity index is 1.64. The maximum atomic E-state index is 13.7. The Labute approximate surface area is 142 Å². The second kappa shape index (κ2) is 6.96. The molecule has 1 saturated heterocycles. The Bertz CT molecular complexity index is 800. The maximum Gasteiger partial charge on any atom is 0.256 e. The van der Waals surface area contributed by atoms with Crippen LogP contribution in [-0.4, -0.2) is 47.8 Å². The highest BCUT2D eigenvalue weighted by Crippen LogP contribution is 2.15. The van der Waals surface area contributed by atoms with E-state index in [1.54, 1.807) is 4.90 Å². The number of halogens is 3. The zero-order valence-electron chi connectivity index (χ0n) is 13.2. The minimum atomic E-state index is -0.908. The van der Waals surface area contributed by atoms with Crippen molar-refractivity contribution in [1.82, 2.24) is 9.80 Å². The molecule has 0 N–H and O–H groups in total. The van der Waals surface area contributed by atoms with Gasteiger partial charge in [0.05, 0.1) is 5.56 Å². The zero-order valence-corrected chi connectivity index (χ0v) is 13.2. The van der Waals surface area contributed by atoms with Crippen LogP contribution in [0.15, 0.2) is 42.5 Å². The average molecular weight is 348 g/mol. The van der Waals surface area contributed by atoms with Crippen LogP contribution in [0.3, 0.4) is 0 Å². The van der Waals surface area contributed by atoms with Gasteiger partial charge in [-0.15, -0.1) is 0 Å². The number of piperazine rings is 1. The smallest absolute Gasteiger partial charge is 0.256 e. The van der Waals surface area contributed by atoms with E-state index in [-0.39, 0.29) is 37.6 Å². The Morgan fingerprint density at radius 3 is 1.80 bits per heavy atom. The molecule has 2 aromatic carbocycles. The molecule has 0 aliphatic carbocycles. The van der Waals surface area contributed by atoms with Crippen molar-refractivity contribution >= 4 is 11.8 Å². The van der Waals surface area contributed by atoms with Gasteiger partial charge in [0, 0.05) is 37.8 Å². The molecule has 25 heavy (non-hydrogen) atoms. The summed E-state index contributed by atoms with van der Waals surface area (Å²) in [6, 6.07) is 8.05. The number of rotatable bonds is 2. The van der Waals surface area contributed by atoms with Crippen molar-refractivity contribution in [3.05, 3.63) is 71.0 Å². The molecular formula is C18H15F3N2O2. The standard InChI is InChI=1S/C18H15F3N2O2/c19-13-3-1-12(2-4-13)17(24)22-7-9-23(10-8-22)18(25)15-6-5-14(20)11-16(15)21/h1-6,11H,7-10H2. The van der Waals surface area contributed by atoms with Crippen LogP contribution in [0.5, 0.6) is 0 Å².